The summed E-state index contributed by atoms with van der Waals surface area (Å²) in [7, 11) is 2.05. The summed E-state index contributed by atoms with van der Waals surface area (Å²) in [6.45, 7) is 5.29. The first kappa shape index (κ1) is 16.6. The van der Waals surface area contributed by atoms with Crippen LogP contribution >= 0.6 is 15.9 Å². The minimum absolute atomic E-state index is 0.372. The fourth-order valence-corrected chi connectivity index (χ4v) is 3.83. The maximum Gasteiger partial charge on any atom is 0.162 e. The van der Waals surface area contributed by atoms with Crippen molar-refractivity contribution in [2.24, 2.45) is 5.92 Å². The van der Waals surface area contributed by atoms with Crippen molar-refractivity contribution in [2.75, 3.05) is 20.3 Å². The van der Waals surface area contributed by atoms with E-state index < -0.39 is 0 Å². The molecule has 1 aromatic carbocycles. The molecule has 2 rings (SSSR count). The third kappa shape index (κ3) is 3.92. The van der Waals surface area contributed by atoms with Gasteiger partial charge in [-0.3, -0.25) is 0 Å². The zero-order valence-electron chi connectivity index (χ0n) is 13.2. The van der Waals surface area contributed by atoms with Crippen LogP contribution in [0, 0.1) is 5.92 Å². The average Bonchev–Trinajstić information content (AvgIpc) is 2.98. The van der Waals surface area contributed by atoms with E-state index in [1.54, 1.807) is 0 Å². The zero-order valence-corrected chi connectivity index (χ0v) is 14.8. The van der Waals surface area contributed by atoms with Crippen molar-refractivity contribution in [1.29, 1.82) is 0 Å². The molecule has 0 aliphatic heterocycles. The van der Waals surface area contributed by atoms with E-state index in [0.717, 1.165) is 16.0 Å². The van der Waals surface area contributed by atoms with Crippen LogP contribution in [0.3, 0.4) is 0 Å². The van der Waals surface area contributed by atoms with Gasteiger partial charge in [-0.15, -0.1) is 0 Å². The minimum atomic E-state index is 0.372. The Hall–Kier alpha value is -0.740. The van der Waals surface area contributed by atoms with Gasteiger partial charge in [0.25, 0.3) is 0 Å². The molecule has 0 bridgehead atoms. The second-order valence-corrected chi connectivity index (χ2v) is 6.35. The van der Waals surface area contributed by atoms with Gasteiger partial charge in [-0.1, -0.05) is 28.8 Å². The predicted octanol–water partition coefficient (Wildman–Crippen LogP) is 4.70. The first-order chi connectivity index (χ1) is 10.2. The Labute approximate surface area is 136 Å². The highest BCUT2D eigenvalue weighted by atomic mass is 79.9. The number of ether oxygens (including phenoxy) is 2. The second kappa shape index (κ2) is 8.04. The monoisotopic (exact) mass is 355 g/mol. The van der Waals surface area contributed by atoms with E-state index in [1.165, 1.54) is 31.2 Å². The van der Waals surface area contributed by atoms with E-state index in [1.807, 2.05) is 27.0 Å². The molecule has 0 radical (unpaired) electrons. The van der Waals surface area contributed by atoms with Crippen molar-refractivity contribution in [2.45, 2.75) is 45.6 Å². The quantitative estimate of drug-likeness (QED) is 0.768. The van der Waals surface area contributed by atoms with E-state index in [0.29, 0.717) is 25.2 Å². The van der Waals surface area contributed by atoms with Gasteiger partial charge < -0.3 is 14.8 Å². The van der Waals surface area contributed by atoms with Gasteiger partial charge in [0.15, 0.2) is 11.5 Å². The van der Waals surface area contributed by atoms with Crippen LogP contribution in [0.1, 0.15) is 51.1 Å². The molecule has 1 unspecified atom stereocenters. The molecule has 0 amide bonds. The van der Waals surface area contributed by atoms with E-state index >= 15 is 0 Å². The lowest BCUT2D eigenvalue weighted by molar-refractivity contribution is 0.286. The van der Waals surface area contributed by atoms with Crippen LogP contribution in [0.25, 0.3) is 0 Å². The Morgan fingerprint density at radius 3 is 2.24 bits per heavy atom. The van der Waals surface area contributed by atoms with Crippen molar-refractivity contribution < 1.29 is 9.47 Å². The lowest BCUT2D eigenvalue weighted by Gasteiger charge is -2.25. The molecule has 0 aromatic heterocycles. The number of benzene rings is 1. The van der Waals surface area contributed by atoms with Crippen molar-refractivity contribution in [1.82, 2.24) is 5.32 Å². The highest BCUT2D eigenvalue weighted by Crippen LogP contribution is 2.42. The second-order valence-electron chi connectivity index (χ2n) is 5.50. The molecule has 4 heteroatoms. The van der Waals surface area contributed by atoms with Gasteiger partial charge in [0, 0.05) is 10.5 Å². The molecule has 0 heterocycles. The number of halogens is 1. The van der Waals surface area contributed by atoms with Crippen LogP contribution in [0.5, 0.6) is 11.5 Å². The molecule has 21 heavy (non-hydrogen) atoms. The number of nitrogens with one attached hydrogen (secondary N) is 1. The third-order valence-electron chi connectivity index (χ3n) is 4.18. The van der Waals surface area contributed by atoms with Gasteiger partial charge in [-0.25, -0.2) is 0 Å². The largest absolute Gasteiger partial charge is 0.490 e. The van der Waals surface area contributed by atoms with Gasteiger partial charge in [0.1, 0.15) is 0 Å². The SMILES string of the molecule is CCOc1cc(Br)c(C(NC)C2CCCC2)cc1OCC. The van der Waals surface area contributed by atoms with Crippen molar-refractivity contribution in [3.63, 3.8) is 0 Å². The van der Waals surface area contributed by atoms with Gasteiger partial charge in [-0.2, -0.15) is 0 Å². The number of hydrogen-bond donors (Lipinski definition) is 1. The van der Waals surface area contributed by atoms with Gasteiger partial charge in [0.05, 0.1) is 13.2 Å². The molecule has 1 atom stereocenters. The molecular weight excluding hydrogens is 330 g/mol. The van der Waals surface area contributed by atoms with Crippen LogP contribution in [-0.2, 0) is 0 Å². The Morgan fingerprint density at radius 2 is 1.71 bits per heavy atom. The van der Waals surface area contributed by atoms with Crippen LogP contribution in [-0.4, -0.2) is 20.3 Å². The molecule has 3 nitrogen and oxygen atoms in total. The highest BCUT2D eigenvalue weighted by Gasteiger charge is 2.27. The Kier molecular flexibility index (Phi) is 6.37. The fourth-order valence-electron chi connectivity index (χ4n) is 3.26. The number of hydrogen-bond acceptors (Lipinski definition) is 3. The van der Waals surface area contributed by atoms with Crippen molar-refractivity contribution in [3.05, 3.63) is 22.2 Å². The summed E-state index contributed by atoms with van der Waals surface area (Å²) in [5, 5.41) is 3.50. The lowest BCUT2D eigenvalue weighted by Crippen LogP contribution is -2.24. The standard InChI is InChI=1S/C17H26BrNO2/c1-4-20-15-10-13(14(18)11-16(15)21-5-2)17(19-3)12-8-6-7-9-12/h10-12,17,19H,4-9H2,1-3H3. The fraction of sp³-hybridized carbons (Fsp3) is 0.647. The molecule has 1 aliphatic rings. The van der Waals surface area contributed by atoms with E-state index in [4.69, 9.17) is 9.47 Å². The van der Waals surface area contributed by atoms with E-state index in [2.05, 4.69) is 27.3 Å². The van der Waals surface area contributed by atoms with E-state index in [-0.39, 0.29) is 0 Å². The Morgan fingerprint density at radius 1 is 1.14 bits per heavy atom. The molecular formula is C17H26BrNO2. The first-order valence-electron chi connectivity index (χ1n) is 7.97. The zero-order chi connectivity index (χ0) is 15.2. The lowest BCUT2D eigenvalue weighted by atomic mass is 9.91. The van der Waals surface area contributed by atoms with Crippen molar-refractivity contribution >= 4 is 15.9 Å². The van der Waals surface area contributed by atoms with Crippen LogP contribution in [0.4, 0.5) is 0 Å². The van der Waals surface area contributed by atoms with Crippen molar-refractivity contribution in [3.8, 4) is 11.5 Å². The molecule has 1 N–H and O–H groups in total. The van der Waals surface area contributed by atoms with Crippen LogP contribution in [0.2, 0.25) is 0 Å². The van der Waals surface area contributed by atoms with Gasteiger partial charge >= 0.3 is 0 Å². The molecule has 1 fully saturated rings. The topological polar surface area (TPSA) is 30.5 Å². The maximum atomic E-state index is 5.77. The maximum absolute atomic E-state index is 5.77. The summed E-state index contributed by atoms with van der Waals surface area (Å²) in [4.78, 5) is 0. The van der Waals surface area contributed by atoms with Crippen LogP contribution < -0.4 is 14.8 Å². The van der Waals surface area contributed by atoms with Crippen LogP contribution in [0.15, 0.2) is 16.6 Å². The summed E-state index contributed by atoms with van der Waals surface area (Å²) in [6, 6.07) is 4.55. The summed E-state index contributed by atoms with van der Waals surface area (Å²) in [5.41, 5.74) is 1.27. The average molecular weight is 356 g/mol. The highest BCUT2D eigenvalue weighted by molar-refractivity contribution is 9.10. The number of rotatable bonds is 7. The molecule has 1 aliphatic carbocycles. The van der Waals surface area contributed by atoms with Gasteiger partial charge in [-0.05, 0) is 57.4 Å². The Balaban J connectivity index is 2.34. The molecule has 0 saturated heterocycles. The molecule has 1 aromatic rings. The molecule has 0 spiro atoms. The smallest absolute Gasteiger partial charge is 0.162 e. The molecule has 1 saturated carbocycles. The Bertz CT molecular complexity index is 458. The first-order valence-corrected chi connectivity index (χ1v) is 8.76. The molecule has 118 valence electrons. The summed E-state index contributed by atoms with van der Waals surface area (Å²) < 4.78 is 12.6. The summed E-state index contributed by atoms with van der Waals surface area (Å²) in [6.07, 6.45) is 5.29. The minimum Gasteiger partial charge on any atom is -0.490 e. The van der Waals surface area contributed by atoms with E-state index in [9.17, 15) is 0 Å². The summed E-state index contributed by atoms with van der Waals surface area (Å²) in [5.74, 6) is 2.37. The van der Waals surface area contributed by atoms with Gasteiger partial charge in [0.2, 0.25) is 0 Å². The third-order valence-corrected chi connectivity index (χ3v) is 4.87. The predicted molar refractivity (Wildman–Crippen MR) is 90.2 cm³/mol. The summed E-state index contributed by atoms with van der Waals surface area (Å²) >= 11 is 3.72. The normalized spacial score (nSPS) is 17.0.